The van der Waals surface area contributed by atoms with Crippen molar-refractivity contribution in [3.8, 4) is 0 Å². The van der Waals surface area contributed by atoms with Crippen LogP contribution in [0.4, 0.5) is 4.39 Å². The number of aromatic nitrogens is 2. The Bertz CT molecular complexity index is 1060. The molecular formula is C19H17FN4O3. The van der Waals surface area contributed by atoms with Crippen LogP contribution in [0.3, 0.4) is 0 Å². The number of carbonyl (C=O) groups is 2. The van der Waals surface area contributed by atoms with Gasteiger partial charge in [0, 0.05) is 18.8 Å². The number of aryl methyl sites for hydroxylation is 2. The van der Waals surface area contributed by atoms with Gasteiger partial charge in [-0.3, -0.25) is 9.59 Å². The fourth-order valence-corrected chi connectivity index (χ4v) is 3.43. The first kappa shape index (κ1) is 17.1. The van der Waals surface area contributed by atoms with Gasteiger partial charge in [-0.1, -0.05) is 17.3 Å². The van der Waals surface area contributed by atoms with Crippen LogP contribution in [0.25, 0.3) is 11.1 Å². The molecule has 4 rings (SSSR count). The third kappa shape index (κ3) is 2.92. The first-order valence-corrected chi connectivity index (χ1v) is 8.53. The van der Waals surface area contributed by atoms with Crippen LogP contribution in [0.15, 0.2) is 34.9 Å². The van der Waals surface area contributed by atoms with Crippen molar-refractivity contribution in [1.82, 2.24) is 20.4 Å². The minimum absolute atomic E-state index is 0.277. The third-order valence-electron chi connectivity index (χ3n) is 4.61. The van der Waals surface area contributed by atoms with Crippen molar-refractivity contribution in [2.45, 2.75) is 19.9 Å². The quantitative estimate of drug-likeness (QED) is 0.750. The van der Waals surface area contributed by atoms with E-state index in [0.29, 0.717) is 41.0 Å². The van der Waals surface area contributed by atoms with Crippen molar-refractivity contribution < 1.29 is 18.5 Å². The molecule has 27 heavy (non-hydrogen) atoms. The zero-order chi connectivity index (χ0) is 19.1. The van der Waals surface area contributed by atoms with E-state index in [2.05, 4.69) is 15.5 Å². The molecular weight excluding hydrogens is 351 g/mol. The summed E-state index contributed by atoms with van der Waals surface area (Å²) < 4.78 is 18.9. The van der Waals surface area contributed by atoms with Crippen molar-refractivity contribution >= 4 is 22.9 Å². The summed E-state index contributed by atoms with van der Waals surface area (Å²) in [5.74, 6) is -1.15. The van der Waals surface area contributed by atoms with E-state index in [1.54, 1.807) is 26.0 Å². The molecule has 1 fully saturated rings. The predicted octanol–water partition coefficient (Wildman–Crippen LogP) is 2.29. The lowest BCUT2D eigenvalue weighted by Crippen LogP contribution is -2.52. The summed E-state index contributed by atoms with van der Waals surface area (Å²) in [4.78, 5) is 31.6. The van der Waals surface area contributed by atoms with Crippen LogP contribution in [0.1, 0.15) is 33.4 Å². The van der Waals surface area contributed by atoms with Gasteiger partial charge in [-0.15, -0.1) is 0 Å². The molecule has 0 radical (unpaired) electrons. The van der Waals surface area contributed by atoms with Gasteiger partial charge in [0.15, 0.2) is 0 Å². The molecule has 0 spiro atoms. The average molecular weight is 368 g/mol. The van der Waals surface area contributed by atoms with E-state index in [1.165, 1.54) is 23.1 Å². The number of carbonyl (C=O) groups excluding carboxylic acids is 2. The van der Waals surface area contributed by atoms with E-state index in [0.717, 1.165) is 0 Å². The summed E-state index contributed by atoms with van der Waals surface area (Å²) in [6.45, 7) is 4.11. The Morgan fingerprint density at radius 1 is 1.33 bits per heavy atom. The molecule has 8 heteroatoms. The number of fused-ring (bicyclic) bond motifs is 1. The fourth-order valence-electron chi connectivity index (χ4n) is 3.43. The number of hydrogen-bond acceptors (Lipinski definition) is 5. The highest BCUT2D eigenvalue weighted by Crippen LogP contribution is 2.29. The predicted molar refractivity (Wildman–Crippen MR) is 94.5 cm³/mol. The smallest absolute Gasteiger partial charge is 0.258 e. The lowest BCUT2D eigenvalue weighted by molar-refractivity contribution is -0.128. The lowest BCUT2D eigenvalue weighted by atomic mass is 10.00. The van der Waals surface area contributed by atoms with Crippen LogP contribution < -0.4 is 5.32 Å². The molecule has 0 unspecified atom stereocenters. The molecule has 1 saturated heterocycles. The summed E-state index contributed by atoms with van der Waals surface area (Å²) in [6.07, 6.45) is 0. The molecule has 1 aliphatic heterocycles. The van der Waals surface area contributed by atoms with E-state index in [4.69, 9.17) is 4.52 Å². The van der Waals surface area contributed by atoms with Gasteiger partial charge in [0.05, 0.1) is 16.6 Å². The van der Waals surface area contributed by atoms with Crippen molar-refractivity contribution in [3.63, 3.8) is 0 Å². The zero-order valence-electron chi connectivity index (χ0n) is 14.8. The van der Waals surface area contributed by atoms with Gasteiger partial charge in [-0.2, -0.15) is 0 Å². The van der Waals surface area contributed by atoms with E-state index in [9.17, 15) is 14.0 Å². The Labute approximate surface area is 154 Å². The van der Waals surface area contributed by atoms with E-state index in [-0.39, 0.29) is 17.5 Å². The molecule has 7 nitrogen and oxygen atoms in total. The highest BCUT2D eigenvalue weighted by atomic mass is 19.1. The molecule has 2 amide bonds. The zero-order valence-corrected chi connectivity index (χ0v) is 14.8. The van der Waals surface area contributed by atoms with Crippen molar-refractivity contribution in [1.29, 1.82) is 0 Å². The second-order valence-electron chi connectivity index (χ2n) is 6.51. The SMILES string of the molecule is Cc1cc(C(=O)N2CCNC(=O)[C@H]2c2cccc(F)c2)c2c(C)noc2n1. The monoisotopic (exact) mass is 368 g/mol. The van der Waals surface area contributed by atoms with Gasteiger partial charge in [-0.05, 0) is 37.6 Å². The van der Waals surface area contributed by atoms with Gasteiger partial charge < -0.3 is 14.7 Å². The number of hydrogen-bond donors (Lipinski definition) is 1. The number of amides is 2. The molecule has 3 aromatic rings. The summed E-state index contributed by atoms with van der Waals surface area (Å²) in [5, 5.41) is 7.16. The second kappa shape index (κ2) is 6.46. The molecule has 1 aromatic carbocycles. The van der Waals surface area contributed by atoms with Gasteiger partial charge in [-0.25, -0.2) is 9.37 Å². The maximum Gasteiger partial charge on any atom is 0.258 e. The number of halogens is 1. The molecule has 1 N–H and O–H groups in total. The molecule has 0 saturated carbocycles. The molecule has 3 heterocycles. The largest absolute Gasteiger partial charge is 0.352 e. The highest BCUT2D eigenvalue weighted by Gasteiger charge is 2.36. The normalized spacial score (nSPS) is 17.2. The standard InChI is InChI=1S/C19H17FN4O3/c1-10-8-14(15-11(2)23-27-18(15)22-10)19(26)24-7-6-21-17(25)16(24)12-4-3-5-13(20)9-12/h3-5,8-9,16H,6-7H2,1-2H3,(H,21,25)/t16-/m1/s1. The molecule has 0 aliphatic carbocycles. The highest BCUT2D eigenvalue weighted by molar-refractivity contribution is 6.07. The number of nitrogens with one attached hydrogen (secondary N) is 1. The topological polar surface area (TPSA) is 88.3 Å². The van der Waals surface area contributed by atoms with Crippen LogP contribution in [0, 0.1) is 19.7 Å². The average Bonchev–Trinajstić information content (AvgIpc) is 3.01. The summed E-state index contributed by atoms with van der Waals surface area (Å²) in [7, 11) is 0. The Hall–Kier alpha value is -3.29. The first-order chi connectivity index (χ1) is 13.0. The second-order valence-corrected chi connectivity index (χ2v) is 6.51. The molecule has 1 aliphatic rings. The summed E-state index contributed by atoms with van der Waals surface area (Å²) in [5.41, 5.74) is 2.21. The van der Waals surface area contributed by atoms with Crippen LogP contribution >= 0.6 is 0 Å². The van der Waals surface area contributed by atoms with Crippen molar-refractivity contribution in [2.24, 2.45) is 0 Å². The van der Waals surface area contributed by atoms with Gasteiger partial charge in [0.25, 0.3) is 11.6 Å². The number of nitrogens with zero attached hydrogens (tertiary/aromatic N) is 3. The fraction of sp³-hybridized carbons (Fsp3) is 0.263. The Balaban J connectivity index is 1.82. The van der Waals surface area contributed by atoms with Crippen molar-refractivity contribution in [2.75, 3.05) is 13.1 Å². The lowest BCUT2D eigenvalue weighted by Gasteiger charge is -2.35. The number of piperazine rings is 1. The summed E-state index contributed by atoms with van der Waals surface area (Å²) >= 11 is 0. The summed E-state index contributed by atoms with van der Waals surface area (Å²) in [6, 6.07) is 6.47. The maximum absolute atomic E-state index is 13.7. The van der Waals surface area contributed by atoms with Crippen LogP contribution in [0.2, 0.25) is 0 Å². The van der Waals surface area contributed by atoms with E-state index < -0.39 is 11.9 Å². The van der Waals surface area contributed by atoms with E-state index >= 15 is 0 Å². The third-order valence-corrected chi connectivity index (χ3v) is 4.61. The molecule has 138 valence electrons. The number of pyridine rings is 1. The molecule has 2 aromatic heterocycles. The number of benzene rings is 1. The van der Waals surface area contributed by atoms with Gasteiger partial charge >= 0.3 is 0 Å². The Morgan fingerprint density at radius 2 is 2.15 bits per heavy atom. The Morgan fingerprint density at radius 3 is 2.93 bits per heavy atom. The molecule has 0 bridgehead atoms. The van der Waals surface area contributed by atoms with Gasteiger partial charge in [0.2, 0.25) is 5.91 Å². The van der Waals surface area contributed by atoms with Gasteiger partial charge in [0.1, 0.15) is 11.9 Å². The first-order valence-electron chi connectivity index (χ1n) is 8.53. The van der Waals surface area contributed by atoms with Crippen LogP contribution in [0.5, 0.6) is 0 Å². The minimum Gasteiger partial charge on any atom is -0.352 e. The number of rotatable bonds is 2. The maximum atomic E-state index is 13.7. The minimum atomic E-state index is -0.911. The molecule has 1 atom stereocenters. The Kier molecular flexibility index (Phi) is 4.10. The van der Waals surface area contributed by atoms with Crippen molar-refractivity contribution in [3.05, 3.63) is 58.7 Å². The van der Waals surface area contributed by atoms with E-state index in [1.807, 2.05) is 0 Å². The van der Waals surface area contributed by atoms with Crippen LogP contribution in [-0.2, 0) is 4.79 Å². The van der Waals surface area contributed by atoms with Crippen LogP contribution in [-0.4, -0.2) is 39.9 Å².